The third-order valence-corrected chi connectivity index (χ3v) is 3.37. The Bertz CT molecular complexity index is 354. The molecule has 0 aromatic heterocycles. The molecule has 1 N–H and O–H groups in total. The maximum Gasteiger partial charge on any atom is 0.123 e. The topological polar surface area (TPSA) is 21.3 Å². The average molecular weight is 205 g/mol. The number of aryl methyl sites for hydroxylation is 1. The SMILES string of the molecule is COc1ccc(C)c(C)c1C1CCCN1. The first-order valence-corrected chi connectivity index (χ1v) is 5.61. The molecule has 0 aliphatic carbocycles. The molecule has 1 heterocycles. The minimum absolute atomic E-state index is 0.486. The van der Waals surface area contributed by atoms with Gasteiger partial charge < -0.3 is 10.1 Å². The number of methoxy groups -OCH3 is 1. The summed E-state index contributed by atoms with van der Waals surface area (Å²) in [7, 11) is 1.75. The van der Waals surface area contributed by atoms with E-state index >= 15 is 0 Å². The highest BCUT2D eigenvalue weighted by atomic mass is 16.5. The molecule has 1 atom stereocenters. The Hall–Kier alpha value is -1.02. The Labute approximate surface area is 91.6 Å². The van der Waals surface area contributed by atoms with E-state index in [-0.39, 0.29) is 0 Å². The Morgan fingerprint density at radius 2 is 2.13 bits per heavy atom. The van der Waals surface area contributed by atoms with Crippen LogP contribution in [0, 0.1) is 13.8 Å². The second kappa shape index (κ2) is 4.23. The lowest BCUT2D eigenvalue weighted by Crippen LogP contribution is -2.15. The van der Waals surface area contributed by atoms with Gasteiger partial charge in [0.1, 0.15) is 5.75 Å². The molecule has 2 nitrogen and oxygen atoms in total. The van der Waals surface area contributed by atoms with Crippen molar-refractivity contribution in [2.24, 2.45) is 0 Å². The van der Waals surface area contributed by atoms with Crippen LogP contribution in [0.15, 0.2) is 12.1 Å². The summed E-state index contributed by atoms with van der Waals surface area (Å²) in [5.74, 6) is 1.03. The fourth-order valence-corrected chi connectivity index (χ4v) is 2.35. The molecule has 0 saturated carbocycles. The molecule has 1 fully saturated rings. The summed E-state index contributed by atoms with van der Waals surface area (Å²) in [6.45, 7) is 5.47. The van der Waals surface area contributed by atoms with Crippen molar-refractivity contribution in [3.63, 3.8) is 0 Å². The van der Waals surface area contributed by atoms with E-state index in [1.165, 1.54) is 29.5 Å². The molecule has 1 aliphatic rings. The predicted molar refractivity (Wildman–Crippen MR) is 62.4 cm³/mol. The molecule has 1 unspecified atom stereocenters. The van der Waals surface area contributed by atoms with Crippen LogP contribution in [0.2, 0.25) is 0 Å². The van der Waals surface area contributed by atoms with Gasteiger partial charge in [-0.3, -0.25) is 0 Å². The first kappa shape index (κ1) is 10.5. The normalized spacial score (nSPS) is 20.6. The Kier molecular flexibility index (Phi) is 2.96. The van der Waals surface area contributed by atoms with Crippen molar-refractivity contribution in [2.75, 3.05) is 13.7 Å². The summed E-state index contributed by atoms with van der Waals surface area (Å²) in [5.41, 5.74) is 4.07. The lowest BCUT2D eigenvalue weighted by atomic mass is 9.95. The van der Waals surface area contributed by atoms with Gasteiger partial charge in [0.25, 0.3) is 0 Å². The van der Waals surface area contributed by atoms with Crippen LogP contribution < -0.4 is 10.1 Å². The van der Waals surface area contributed by atoms with Gasteiger partial charge in [0.05, 0.1) is 7.11 Å². The van der Waals surface area contributed by atoms with Gasteiger partial charge in [-0.25, -0.2) is 0 Å². The summed E-state index contributed by atoms with van der Waals surface area (Å²) in [5, 5.41) is 3.54. The van der Waals surface area contributed by atoms with Crippen molar-refractivity contribution in [3.05, 3.63) is 28.8 Å². The second-order valence-corrected chi connectivity index (χ2v) is 4.27. The van der Waals surface area contributed by atoms with Crippen LogP contribution in [-0.2, 0) is 0 Å². The van der Waals surface area contributed by atoms with E-state index in [4.69, 9.17) is 4.74 Å². The molecule has 15 heavy (non-hydrogen) atoms. The number of nitrogens with one attached hydrogen (secondary N) is 1. The van der Waals surface area contributed by atoms with E-state index < -0.39 is 0 Å². The van der Waals surface area contributed by atoms with Gasteiger partial charge >= 0.3 is 0 Å². The lowest BCUT2D eigenvalue weighted by molar-refractivity contribution is 0.402. The molecule has 1 aromatic rings. The summed E-state index contributed by atoms with van der Waals surface area (Å²) in [6, 6.07) is 4.70. The molecule has 0 bridgehead atoms. The first-order valence-electron chi connectivity index (χ1n) is 5.61. The number of rotatable bonds is 2. The van der Waals surface area contributed by atoms with Crippen LogP contribution in [0.25, 0.3) is 0 Å². The fraction of sp³-hybridized carbons (Fsp3) is 0.538. The minimum atomic E-state index is 0.486. The van der Waals surface area contributed by atoms with E-state index in [2.05, 4.69) is 31.3 Å². The van der Waals surface area contributed by atoms with Crippen LogP contribution >= 0.6 is 0 Å². The quantitative estimate of drug-likeness (QED) is 0.801. The van der Waals surface area contributed by atoms with Crippen molar-refractivity contribution >= 4 is 0 Å². The fourth-order valence-electron chi connectivity index (χ4n) is 2.35. The molecule has 0 spiro atoms. The van der Waals surface area contributed by atoms with Crippen molar-refractivity contribution in [1.29, 1.82) is 0 Å². The Morgan fingerprint density at radius 1 is 1.33 bits per heavy atom. The highest BCUT2D eigenvalue weighted by molar-refractivity contribution is 5.46. The number of hydrogen-bond donors (Lipinski definition) is 1. The van der Waals surface area contributed by atoms with Gasteiger partial charge in [0.2, 0.25) is 0 Å². The Morgan fingerprint density at radius 3 is 2.73 bits per heavy atom. The first-order chi connectivity index (χ1) is 7.24. The van der Waals surface area contributed by atoms with Crippen molar-refractivity contribution < 1.29 is 4.74 Å². The van der Waals surface area contributed by atoms with Gasteiger partial charge in [-0.2, -0.15) is 0 Å². The largest absolute Gasteiger partial charge is 0.496 e. The lowest BCUT2D eigenvalue weighted by Gasteiger charge is -2.19. The number of benzene rings is 1. The molecule has 1 aromatic carbocycles. The van der Waals surface area contributed by atoms with Gasteiger partial charge in [-0.1, -0.05) is 6.07 Å². The van der Waals surface area contributed by atoms with Gasteiger partial charge in [0.15, 0.2) is 0 Å². The van der Waals surface area contributed by atoms with Crippen molar-refractivity contribution in [1.82, 2.24) is 5.32 Å². The summed E-state index contributed by atoms with van der Waals surface area (Å²) in [4.78, 5) is 0. The third kappa shape index (κ3) is 1.86. The molecule has 82 valence electrons. The van der Waals surface area contributed by atoms with Crippen LogP contribution in [-0.4, -0.2) is 13.7 Å². The van der Waals surface area contributed by atoms with Crippen LogP contribution in [0.4, 0.5) is 0 Å². The average Bonchev–Trinajstić information content (AvgIpc) is 2.75. The summed E-state index contributed by atoms with van der Waals surface area (Å²) >= 11 is 0. The Balaban J connectivity index is 2.45. The predicted octanol–water partition coefficient (Wildman–Crippen LogP) is 2.74. The zero-order valence-electron chi connectivity index (χ0n) is 9.76. The highest BCUT2D eigenvalue weighted by Crippen LogP contribution is 2.34. The zero-order chi connectivity index (χ0) is 10.8. The van der Waals surface area contributed by atoms with E-state index in [9.17, 15) is 0 Å². The van der Waals surface area contributed by atoms with E-state index in [1.807, 2.05) is 0 Å². The molecule has 0 amide bonds. The standard InChI is InChI=1S/C13H19NO/c1-9-6-7-12(15-3)13(10(9)2)11-5-4-8-14-11/h6-7,11,14H,4-5,8H2,1-3H3. The molecule has 0 radical (unpaired) electrons. The van der Waals surface area contributed by atoms with Crippen LogP contribution in [0.1, 0.15) is 35.6 Å². The highest BCUT2D eigenvalue weighted by Gasteiger charge is 2.22. The third-order valence-electron chi connectivity index (χ3n) is 3.37. The number of ether oxygens (including phenoxy) is 1. The van der Waals surface area contributed by atoms with Gasteiger partial charge in [0, 0.05) is 11.6 Å². The van der Waals surface area contributed by atoms with Crippen LogP contribution in [0.5, 0.6) is 5.75 Å². The summed E-state index contributed by atoms with van der Waals surface area (Å²) < 4.78 is 5.45. The maximum absolute atomic E-state index is 5.45. The minimum Gasteiger partial charge on any atom is -0.496 e. The molecular formula is C13H19NO. The summed E-state index contributed by atoms with van der Waals surface area (Å²) in [6.07, 6.45) is 2.49. The van der Waals surface area contributed by atoms with Gasteiger partial charge in [-0.05, 0) is 50.4 Å². The molecule has 1 aliphatic heterocycles. The molecule has 1 saturated heterocycles. The molecule has 2 rings (SSSR count). The van der Waals surface area contributed by atoms with Crippen molar-refractivity contribution in [2.45, 2.75) is 32.7 Å². The van der Waals surface area contributed by atoms with Crippen LogP contribution in [0.3, 0.4) is 0 Å². The number of hydrogen-bond acceptors (Lipinski definition) is 2. The molecular weight excluding hydrogens is 186 g/mol. The van der Waals surface area contributed by atoms with E-state index in [1.54, 1.807) is 7.11 Å². The van der Waals surface area contributed by atoms with Crippen molar-refractivity contribution in [3.8, 4) is 5.75 Å². The van der Waals surface area contributed by atoms with Gasteiger partial charge in [-0.15, -0.1) is 0 Å². The zero-order valence-corrected chi connectivity index (χ0v) is 9.76. The maximum atomic E-state index is 5.45. The smallest absolute Gasteiger partial charge is 0.123 e. The second-order valence-electron chi connectivity index (χ2n) is 4.27. The van der Waals surface area contributed by atoms with E-state index in [0.29, 0.717) is 6.04 Å². The van der Waals surface area contributed by atoms with E-state index in [0.717, 1.165) is 12.3 Å². The molecule has 2 heteroatoms. The monoisotopic (exact) mass is 205 g/mol.